The normalized spacial score (nSPS) is 18.2. The van der Waals surface area contributed by atoms with Crippen LogP contribution in [0.15, 0.2) is 18.3 Å². The highest BCUT2D eigenvalue weighted by Crippen LogP contribution is 2.19. The number of aromatic nitrogens is 1. The lowest BCUT2D eigenvalue weighted by Crippen LogP contribution is -2.30. The van der Waals surface area contributed by atoms with E-state index in [-0.39, 0.29) is 0 Å². The molecule has 1 aromatic heterocycles. The van der Waals surface area contributed by atoms with Crippen LogP contribution in [0.1, 0.15) is 19.3 Å². The molecule has 1 aliphatic rings. The van der Waals surface area contributed by atoms with Crippen LogP contribution in [0.25, 0.3) is 0 Å². The largest absolute Gasteiger partial charge is 0.397 e. The molecule has 0 spiro atoms. The molecule has 2 rings (SSSR count). The average molecular weight is 234 g/mol. The van der Waals surface area contributed by atoms with Crippen LogP contribution in [0.3, 0.4) is 0 Å². The maximum absolute atomic E-state index is 5.59. The Morgan fingerprint density at radius 2 is 2.18 bits per heavy atom. The van der Waals surface area contributed by atoms with Crippen molar-refractivity contribution in [1.82, 2.24) is 9.88 Å². The third kappa shape index (κ3) is 3.89. The first-order valence-electron chi connectivity index (χ1n) is 6.38. The molecule has 94 valence electrons. The fourth-order valence-corrected chi connectivity index (χ4v) is 2.26. The number of nitrogens with zero attached hydrogens (tertiary/aromatic N) is 2. The molecule has 4 heteroatoms. The molecule has 4 nitrogen and oxygen atoms in total. The van der Waals surface area contributed by atoms with Gasteiger partial charge in [0.2, 0.25) is 0 Å². The Kier molecular flexibility index (Phi) is 4.20. The summed E-state index contributed by atoms with van der Waals surface area (Å²) in [5, 5.41) is 3.35. The second-order valence-corrected chi connectivity index (χ2v) is 4.94. The van der Waals surface area contributed by atoms with Gasteiger partial charge in [0.25, 0.3) is 0 Å². The Bertz CT molecular complexity index is 328. The lowest BCUT2D eigenvalue weighted by atomic mass is 9.94. The molecule has 1 fully saturated rings. The third-order valence-corrected chi connectivity index (χ3v) is 3.48. The molecule has 1 aromatic rings. The minimum Gasteiger partial charge on any atom is -0.397 e. The van der Waals surface area contributed by atoms with E-state index in [0.717, 1.165) is 18.3 Å². The molecule has 0 radical (unpaired) electrons. The molecule has 0 unspecified atom stereocenters. The van der Waals surface area contributed by atoms with E-state index in [1.165, 1.54) is 32.4 Å². The van der Waals surface area contributed by atoms with Gasteiger partial charge in [0.15, 0.2) is 0 Å². The molecule has 0 aliphatic carbocycles. The number of anilines is 2. The quantitative estimate of drug-likeness (QED) is 0.834. The minimum atomic E-state index is 0.714. The number of nitrogens with two attached hydrogens (primary N) is 1. The predicted molar refractivity (Wildman–Crippen MR) is 72.0 cm³/mol. The zero-order chi connectivity index (χ0) is 12.1. The highest BCUT2D eigenvalue weighted by atomic mass is 15.1. The van der Waals surface area contributed by atoms with Gasteiger partial charge in [0, 0.05) is 6.54 Å². The van der Waals surface area contributed by atoms with Crippen LogP contribution in [-0.2, 0) is 0 Å². The van der Waals surface area contributed by atoms with E-state index in [2.05, 4.69) is 22.2 Å². The van der Waals surface area contributed by atoms with Crippen LogP contribution in [0.5, 0.6) is 0 Å². The van der Waals surface area contributed by atoms with Crippen LogP contribution in [0.4, 0.5) is 11.5 Å². The van der Waals surface area contributed by atoms with Gasteiger partial charge in [0.05, 0.1) is 11.9 Å². The number of rotatable bonds is 4. The number of nitrogen functional groups attached to an aromatic ring is 1. The third-order valence-electron chi connectivity index (χ3n) is 3.48. The van der Waals surface area contributed by atoms with Gasteiger partial charge >= 0.3 is 0 Å². The Labute approximate surface area is 103 Å². The van der Waals surface area contributed by atoms with Crippen molar-refractivity contribution in [1.29, 1.82) is 0 Å². The smallest absolute Gasteiger partial charge is 0.126 e. The summed E-state index contributed by atoms with van der Waals surface area (Å²) in [6.45, 7) is 3.49. The Balaban J connectivity index is 1.67. The second kappa shape index (κ2) is 5.87. The summed E-state index contributed by atoms with van der Waals surface area (Å²) in [4.78, 5) is 6.64. The van der Waals surface area contributed by atoms with Crippen LogP contribution < -0.4 is 11.1 Å². The van der Waals surface area contributed by atoms with Gasteiger partial charge in [-0.2, -0.15) is 0 Å². The van der Waals surface area contributed by atoms with Crippen molar-refractivity contribution in [3.8, 4) is 0 Å². The van der Waals surface area contributed by atoms with Crippen molar-refractivity contribution in [3.63, 3.8) is 0 Å². The van der Waals surface area contributed by atoms with Gasteiger partial charge in [-0.1, -0.05) is 0 Å². The number of nitrogens with one attached hydrogen (secondary N) is 1. The maximum atomic E-state index is 5.59. The van der Waals surface area contributed by atoms with Crippen molar-refractivity contribution < 1.29 is 0 Å². The number of pyridine rings is 1. The Morgan fingerprint density at radius 1 is 1.41 bits per heavy atom. The SMILES string of the molecule is CN1CCC(CCNc2ccc(N)cn2)CC1. The number of hydrogen-bond acceptors (Lipinski definition) is 4. The average Bonchev–Trinajstić information content (AvgIpc) is 2.34. The lowest BCUT2D eigenvalue weighted by Gasteiger charge is -2.28. The molecule has 3 N–H and O–H groups in total. The van der Waals surface area contributed by atoms with E-state index in [1.807, 2.05) is 12.1 Å². The van der Waals surface area contributed by atoms with Crippen LogP contribution in [-0.4, -0.2) is 36.6 Å². The monoisotopic (exact) mass is 234 g/mol. The molecule has 0 aromatic carbocycles. The molecule has 2 heterocycles. The van der Waals surface area contributed by atoms with Gasteiger partial charge in [-0.15, -0.1) is 0 Å². The summed E-state index contributed by atoms with van der Waals surface area (Å²) in [5.74, 6) is 1.79. The molecule has 17 heavy (non-hydrogen) atoms. The number of likely N-dealkylation sites (tertiary alicyclic amines) is 1. The van der Waals surface area contributed by atoms with Gasteiger partial charge < -0.3 is 16.0 Å². The standard InChI is InChI=1S/C13H22N4/c1-17-8-5-11(6-9-17)4-7-15-13-3-2-12(14)10-16-13/h2-3,10-11H,4-9,14H2,1H3,(H,15,16). The summed E-state index contributed by atoms with van der Waals surface area (Å²) < 4.78 is 0. The van der Waals surface area contributed by atoms with E-state index in [9.17, 15) is 0 Å². The predicted octanol–water partition coefficient (Wildman–Crippen LogP) is 1.81. The molecular weight excluding hydrogens is 212 g/mol. The fourth-order valence-electron chi connectivity index (χ4n) is 2.26. The minimum absolute atomic E-state index is 0.714. The first-order valence-corrected chi connectivity index (χ1v) is 6.38. The summed E-state index contributed by atoms with van der Waals surface area (Å²) in [6.07, 6.45) is 5.58. The Hall–Kier alpha value is -1.29. The van der Waals surface area contributed by atoms with Crippen molar-refractivity contribution in [2.45, 2.75) is 19.3 Å². The molecule has 0 amide bonds. The van der Waals surface area contributed by atoms with Crippen molar-refractivity contribution in [2.24, 2.45) is 5.92 Å². The summed E-state index contributed by atoms with van der Waals surface area (Å²) >= 11 is 0. The topological polar surface area (TPSA) is 54.2 Å². The Morgan fingerprint density at radius 3 is 2.82 bits per heavy atom. The first-order chi connectivity index (χ1) is 8.24. The fraction of sp³-hybridized carbons (Fsp3) is 0.615. The molecular formula is C13H22N4. The van der Waals surface area contributed by atoms with Crippen molar-refractivity contribution in [3.05, 3.63) is 18.3 Å². The van der Waals surface area contributed by atoms with Crippen molar-refractivity contribution >= 4 is 11.5 Å². The van der Waals surface area contributed by atoms with Gasteiger partial charge in [-0.3, -0.25) is 0 Å². The van der Waals surface area contributed by atoms with Crippen LogP contribution in [0.2, 0.25) is 0 Å². The number of piperidine rings is 1. The summed E-state index contributed by atoms with van der Waals surface area (Å²) in [6, 6.07) is 3.81. The highest BCUT2D eigenvalue weighted by molar-refractivity contribution is 5.43. The van der Waals surface area contributed by atoms with E-state index < -0.39 is 0 Å². The molecule has 1 aliphatic heterocycles. The molecule has 0 bridgehead atoms. The zero-order valence-corrected chi connectivity index (χ0v) is 10.5. The van der Waals surface area contributed by atoms with E-state index in [1.54, 1.807) is 6.20 Å². The van der Waals surface area contributed by atoms with Gasteiger partial charge in [0.1, 0.15) is 5.82 Å². The van der Waals surface area contributed by atoms with Crippen LogP contribution in [0, 0.1) is 5.92 Å². The van der Waals surface area contributed by atoms with Gasteiger partial charge in [-0.05, 0) is 57.5 Å². The summed E-state index contributed by atoms with van der Waals surface area (Å²) in [7, 11) is 2.20. The van der Waals surface area contributed by atoms with E-state index in [4.69, 9.17) is 5.73 Å². The molecule has 0 atom stereocenters. The van der Waals surface area contributed by atoms with Gasteiger partial charge in [-0.25, -0.2) is 4.98 Å². The second-order valence-electron chi connectivity index (χ2n) is 4.94. The highest BCUT2D eigenvalue weighted by Gasteiger charge is 2.15. The van der Waals surface area contributed by atoms with Crippen molar-refractivity contribution in [2.75, 3.05) is 37.7 Å². The lowest BCUT2D eigenvalue weighted by molar-refractivity contribution is 0.215. The first kappa shape index (κ1) is 12.2. The van der Waals surface area contributed by atoms with E-state index >= 15 is 0 Å². The number of hydrogen-bond donors (Lipinski definition) is 2. The zero-order valence-electron chi connectivity index (χ0n) is 10.5. The maximum Gasteiger partial charge on any atom is 0.126 e. The molecule has 0 saturated carbocycles. The van der Waals surface area contributed by atoms with Crippen LogP contribution >= 0.6 is 0 Å². The molecule has 1 saturated heterocycles. The van der Waals surface area contributed by atoms with E-state index in [0.29, 0.717) is 5.69 Å². The summed E-state index contributed by atoms with van der Waals surface area (Å²) in [5.41, 5.74) is 6.30.